The lowest BCUT2D eigenvalue weighted by Gasteiger charge is -2.12. The number of anilines is 2. The third-order valence-corrected chi connectivity index (χ3v) is 3.82. The summed E-state index contributed by atoms with van der Waals surface area (Å²) in [4.78, 5) is 12.4. The van der Waals surface area contributed by atoms with Gasteiger partial charge >= 0.3 is 0 Å². The fourth-order valence-electron chi connectivity index (χ4n) is 1.99. The van der Waals surface area contributed by atoms with E-state index in [-0.39, 0.29) is 17.2 Å². The molecule has 0 unspecified atom stereocenters. The molecule has 0 heterocycles. The molecule has 0 bridgehead atoms. The number of hydrogen-bond donors (Lipinski definition) is 2. The molecule has 5 nitrogen and oxygen atoms in total. The molecule has 0 fully saturated rings. The standard InChI is InChI=1S/C16H18N2O3S/c1-11-8-9-13(10-12(11)2)17-16(19)14-6-4-5-7-15(14)18-22(3,20)21/h4-10,18H,1-3H3,(H,17,19). The highest BCUT2D eigenvalue weighted by Gasteiger charge is 2.14. The maximum Gasteiger partial charge on any atom is 0.257 e. The van der Waals surface area contributed by atoms with Crippen molar-refractivity contribution in [3.63, 3.8) is 0 Å². The van der Waals surface area contributed by atoms with E-state index in [0.717, 1.165) is 17.4 Å². The molecule has 116 valence electrons. The smallest absolute Gasteiger partial charge is 0.257 e. The summed E-state index contributed by atoms with van der Waals surface area (Å²) in [5.74, 6) is -0.366. The van der Waals surface area contributed by atoms with Crippen LogP contribution in [-0.4, -0.2) is 20.6 Å². The highest BCUT2D eigenvalue weighted by atomic mass is 32.2. The fraction of sp³-hybridized carbons (Fsp3) is 0.188. The molecule has 0 aliphatic rings. The number of carbonyl (C=O) groups is 1. The average molecular weight is 318 g/mol. The van der Waals surface area contributed by atoms with Gasteiger partial charge in [0.05, 0.1) is 17.5 Å². The van der Waals surface area contributed by atoms with E-state index in [2.05, 4.69) is 10.0 Å². The molecule has 0 atom stereocenters. The molecule has 22 heavy (non-hydrogen) atoms. The second kappa shape index (κ2) is 6.19. The van der Waals surface area contributed by atoms with Crippen LogP contribution in [0.5, 0.6) is 0 Å². The van der Waals surface area contributed by atoms with Crippen LogP contribution in [0.15, 0.2) is 42.5 Å². The number of hydrogen-bond acceptors (Lipinski definition) is 3. The summed E-state index contributed by atoms with van der Waals surface area (Å²) >= 11 is 0. The van der Waals surface area contributed by atoms with Gasteiger partial charge in [-0.15, -0.1) is 0 Å². The molecule has 0 aliphatic carbocycles. The Kier molecular flexibility index (Phi) is 4.51. The average Bonchev–Trinajstić information content (AvgIpc) is 2.41. The molecule has 6 heteroatoms. The lowest BCUT2D eigenvalue weighted by atomic mass is 10.1. The van der Waals surface area contributed by atoms with E-state index in [9.17, 15) is 13.2 Å². The Labute approximate surface area is 130 Å². The molecule has 0 aliphatic heterocycles. The summed E-state index contributed by atoms with van der Waals surface area (Å²) in [5.41, 5.74) is 3.40. The molecular formula is C16H18N2O3S. The second-order valence-electron chi connectivity index (χ2n) is 5.17. The van der Waals surface area contributed by atoms with Crippen molar-refractivity contribution in [2.45, 2.75) is 13.8 Å². The zero-order valence-electron chi connectivity index (χ0n) is 12.7. The Morgan fingerprint density at radius 2 is 1.68 bits per heavy atom. The Hall–Kier alpha value is -2.34. The van der Waals surface area contributed by atoms with Crippen molar-refractivity contribution in [1.29, 1.82) is 0 Å². The molecule has 0 saturated heterocycles. The molecule has 2 aromatic rings. The van der Waals surface area contributed by atoms with Crippen molar-refractivity contribution in [2.75, 3.05) is 16.3 Å². The van der Waals surface area contributed by atoms with Gasteiger partial charge in [0, 0.05) is 5.69 Å². The maximum absolute atomic E-state index is 12.4. The SMILES string of the molecule is Cc1ccc(NC(=O)c2ccccc2NS(C)(=O)=O)cc1C. The zero-order chi connectivity index (χ0) is 16.3. The first kappa shape index (κ1) is 16.0. The van der Waals surface area contributed by atoms with Crippen molar-refractivity contribution in [1.82, 2.24) is 0 Å². The van der Waals surface area contributed by atoms with Gasteiger partial charge in [0.25, 0.3) is 5.91 Å². The van der Waals surface area contributed by atoms with Gasteiger partial charge in [0.2, 0.25) is 10.0 Å². The van der Waals surface area contributed by atoms with Gasteiger partial charge < -0.3 is 5.32 Å². The number of nitrogens with one attached hydrogen (secondary N) is 2. The Bertz CT molecular complexity index is 814. The van der Waals surface area contributed by atoms with Gasteiger partial charge in [-0.25, -0.2) is 8.42 Å². The predicted octanol–water partition coefficient (Wildman–Crippen LogP) is 2.93. The molecule has 2 N–H and O–H groups in total. The number of sulfonamides is 1. The van der Waals surface area contributed by atoms with Gasteiger partial charge in [0.15, 0.2) is 0 Å². The number of rotatable bonds is 4. The van der Waals surface area contributed by atoms with E-state index in [1.165, 1.54) is 0 Å². The van der Waals surface area contributed by atoms with Crippen LogP contribution in [0.3, 0.4) is 0 Å². The largest absolute Gasteiger partial charge is 0.322 e. The lowest BCUT2D eigenvalue weighted by Crippen LogP contribution is -2.17. The quantitative estimate of drug-likeness (QED) is 0.910. The number of carbonyl (C=O) groups excluding carboxylic acids is 1. The van der Waals surface area contributed by atoms with Crippen LogP contribution in [0.25, 0.3) is 0 Å². The third kappa shape index (κ3) is 4.08. The van der Waals surface area contributed by atoms with Crippen LogP contribution in [0, 0.1) is 13.8 Å². The fourth-order valence-corrected chi connectivity index (χ4v) is 2.56. The lowest BCUT2D eigenvalue weighted by molar-refractivity contribution is 0.102. The predicted molar refractivity (Wildman–Crippen MR) is 88.8 cm³/mol. The van der Waals surface area contributed by atoms with E-state index in [1.54, 1.807) is 24.3 Å². The van der Waals surface area contributed by atoms with Crippen molar-refractivity contribution in [3.8, 4) is 0 Å². The highest BCUT2D eigenvalue weighted by molar-refractivity contribution is 7.92. The minimum absolute atomic E-state index is 0.256. The van der Waals surface area contributed by atoms with Gasteiger partial charge in [0.1, 0.15) is 0 Å². The minimum atomic E-state index is -3.45. The normalized spacial score (nSPS) is 11.0. The Morgan fingerprint density at radius 1 is 1.00 bits per heavy atom. The van der Waals surface area contributed by atoms with E-state index < -0.39 is 10.0 Å². The first-order valence-corrected chi connectivity index (χ1v) is 8.61. The summed E-state index contributed by atoms with van der Waals surface area (Å²) in [6, 6.07) is 12.1. The first-order chi connectivity index (χ1) is 10.3. The van der Waals surface area contributed by atoms with Crippen LogP contribution in [0.4, 0.5) is 11.4 Å². The van der Waals surface area contributed by atoms with Crippen molar-refractivity contribution >= 4 is 27.3 Å². The highest BCUT2D eigenvalue weighted by Crippen LogP contribution is 2.19. The van der Waals surface area contributed by atoms with Crippen LogP contribution in [-0.2, 0) is 10.0 Å². The molecule has 0 spiro atoms. The number of aryl methyl sites for hydroxylation is 2. The Morgan fingerprint density at radius 3 is 2.32 bits per heavy atom. The van der Waals surface area contributed by atoms with E-state index in [0.29, 0.717) is 5.69 Å². The number of amides is 1. The van der Waals surface area contributed by atoms with Crippen LogP contribution in [0.2, 0.25) is 0 Å². The van der Waals surface area contributed by atoms with Crippen LogP contribution >= 0.6 is 0 Å². The molecule has 0 radical (unpaired) electrons. The second-order valence-corrected chi connectivity index (χ2v) is 6.92. The monoisotopic (exact) mass is 318 g/mol. The molecule has 0 aromatic heterocycles. The van der Waals surface area contributed by atoms with Gasteiger partial charge in [-0.3, -0.25) is 9.52 Å². The summed E-state index contributed by atoms with van der Waals surface area (Å²) in [6.07, 6.45) is 1.05. The molecular weight excluding hydrogens is 300 g/mol. The summed E-state index contributed by atoms with van der Waals surface area (Å²) in [7, 11) is -3.45. The van der Waals surface area contributed by atoms with Crippen molar-refractivity contribution in [2.24, 2.45) is 0 Å². The van der Waals surface area contributed by atoms with Gasteiger partial charge in [-0.05, 0) is 49.2 Å². The van der Waals surface area contributed by atoms with E-state index >= 15 is 0 Å². The molecule has 0 saturated carbocycles. The van der Waals surface area contributed by atoms with Crippen molar-refractivity contribution < 1.29 is 13.2 Å². The number of benzene rings is 2. The van der Waals surface area contributed by atoms with E-state index in [4.69, 9.17) is 0 Å². The van der Waals surface area contributed by atoms with Crippen LogP contribution in [0.1, 0.15) is 21.5 Å². The molecule has 2 rings (SSSR count). The molecule has 1 amide bonds. The van der Waals surface area contributed by atoms with Crippen LogP contribution < -0.4 is 10.0 Å². The van der Waals surface area contributed by atoms with E-state index in [1.807, 2.05) is 32.0 Å². The Balaban J connectivity index is 2.28. The first-order valence-electron chi connectivity index (χ1n) is 6.72. The van der Waals surface area contributed by atoms with Gasteiger partial charge in [-0.1, -0.05) is 18.2 Å². The minimum Gasteiger partial charge on any atom is -0.322 e. The molecule has 2 aromatic carbocycles. The maximum atomic E-state index is 12.4. The summed E-state index contributed by atoms with van der Waals surface area (Å²) in [5, 5.41) is 2.78. The van der Waals surface area contributed by atoms with Gasteiger partial charge in [-0.2, -0.15) is 0 Å². The zero-order valence-corrected chi connectivity index (χ0v) is 13.5. The third-order valence-electron chi connectivity index (χ3n) is 3.23. The van der Waals surface area contributed by atoms with Crippen molar-refractivity contribution in [3.05, 3.63) is 59.2 Å². The summed E-state index contributed by atoms with van der Waals surface area (Å²) < 4.78 is 25.1. The number of para-hydroxylation sites is 1. The summed E-state index contributed by atoms with van der Waals surface area (Å²) in [6.45, 7) is 3.95. The topological polar surface area (TPSA) is 75.3 Å².